The highest BCUT2D eigenvalue weighted by atomic mass is 19.1. The molecule has 0 saturated heterocycles. The number of aliphatic imine (C=N–C) groups is 1. The fraction of sp³-hybridized carbons (Fsp3) is 0.387. The van der Waals surface area contributed by atoms with Crippen LogP contribution in [0.3, 0.4) is 0 Å². The molecule has 1 atom stereocenters. The van der Waals surface area contributed by atoms with E-state index in [1.165, 1.54) is 0 Å². The molecular weight excluding hydrogens is 507 g/mol. The number of rotatable bonds is 13. The van der Waals surface area contributed by atoms with Crippen molar-refractivity contribution in [3.8, 4) is 5.75 Å². The zero-order chi connectivity index (χ0) is 29.6. The number of aromatic nitrogens is 1. The molecule has 9 heteroatoms. The minimum Gasteiger partial charge on any atom is -0.495 e. The minimum atomic E-state index is -0.569. The van der Waals surface area contributed by atoms with Crippen molar-refractivity contribution in [3.63, 3.8) is 0 Å². The van der Waals surface area contributed by atoms with Gasteiger partial charge in [0.05, 0.1) is 30.6 Å². The number of aryl methyl sites for hydroxylation is 1. The number of nitrogens with zero attached hydrogens (tertiary/aromatic N) is 4. The summed E-state index contributed by atoms with van der Waals surface area (Å²) < 4.78 is 20.7. The van der Waals surface area contributed by atoms with Gasteiger partial charge >= 0.3 is 0 Å². The number of para-hydroxylation sites is 1. The monoisotopic (exact) mass is 548 g/mol. The molecule has 0 fully saturated rings. The molecule has 2 aromatic carbocycles. The van der Waals surface area contributed by atoms with Crippen molar-refractivity contribution >= 4 is 40.1 Å². The number of nitrogens with two attached hydrogens (primary N) is 1. The standard InChI is InChI=1S/C31H41FN6O2/c1-20-13-26(19-39)24(11-12-36(5)18-27(34)16-32)14-28(20)37(6)22(3)29-15-25-9-8-10-30(40-7)31(25)38(29)17-21(2)35-23(4)33/h8-10,13-15,19,27,33H,3,11-12,16-18,34H2,1-2,4-7H3. The van der Waals surface area contributed by atoms with E-state index in [9.17, 15) is 9.18 Å². The molecule has 0 radical (unpaired) electrons. The fourth-order valence-corrected chi connectivity index (χ4v) is 5.03. The second-order valence-electron chi connectivity index (χ2n) is 10.3. The summed E-state index contributed by atoms with van der Waals surface area (Å²) in [7, 11) is 5.51. The van der Waals surface area contributed by atoms with Gasteiger partial charge in [0.15, 0.2) is 0 Å². The molecule has 1 unspecified atom stereocenters. The van der Waals surface area contributed by atoms with Crippen LogP contribution in [0.1, 0.15) is 41.0 Å². The van der Waals surface area contributed by atoms with Crippen LogP contribution in [-0.4, -0.2) is 74.3 Å². The van der Waals surface area contributed by atoms with Gasteiger partial charge in [-0.25, -0.2) is 9.38 Å². The third kappa shape index (κ3) is 7.03. The van der Waals surface area contributed by atoms with Gasteiger partial charge in [0, 0.05) is 48.5 Å². The molecular formula is C31H41FN6O2. The predicted molar refractivity (Wildman–Crippen MR) is 164 cm³/mol. The molecule has 0 saturated carbocycles. The number of nitrogens with one attached hydrogen (secondary N) is 1. The normalized spacial score (nSPS) is 12.6. The summed E-state index contributed by atoms with van der Waals surface area (Å²) in [6.07, 6.45) is 1.50. The van der Waals surface area contributed by atoms with E-state index in [1.807, 2.05) is 68.1 Å². The average molecular weight is 549 g/mol. The highest BCUT2D eigenvalue weighted by molar-refractivity contribution is 5.97. The lowest BCUT2D eigenvalue weighted by Crippen LogP contribution is -2.37. The van der Waals surface area contributed by atoms with Crippen molar-refractivity contribution in [1.82, 2.24) is 9.47 Å². The molecule has 8 nitrogen and oxygen atoms in total. The van der Waals surface area contributed by atoms with Gasteiger partial charge in [0.1, 0.15) is 24.5 Å². The molecule has 1 aromatic heterocycles. The van der Waals surface area contributed by atoms with Crippen molar-refractivity contribution in [3.05, 3.63) is 65.4 Å². The van der Waals surface area contributed by atoms with E-state index < -0.39 is 12.7 Å². The zero-order valence-electron chi connectivity index (χ0n) is 24.4. The van der Waals surface area contributed by atoms with Gasteiger partial charge < -0.3 is 24.8 Å². The Morgan fingerprint density at radius 2 is 2.00 bits per heavy atom. The minimum absolute atomic E-state index is 0.245. The summed E-state index contributed by atoms with van der Waals surface area (Å²) >= 11 is 0. The first kappa shape index (κ1) is 30.7. The number of likely N-dealkylation sites (N-methyl/N-ethyl adjacent to an activating group) is 1. The first-order valence-corrected chi connectivity index (χ1v) is 13.3. The lowest BCUT2D eigenvalue weighted by molar-refractivity contribution is 0.112. The number of ether oxygens (including phenoxy) is 1. The molecule has 0 amide bonds. The zero-order valence-corrected chi connectivity index (χ0v) is 24.4. The number of hydrogen-bond donors (Lipinski definition) is 2. The van der Waals surface area contributed by atoms with Crippen LogP contribution in [0.25, 0.3) is 16.6 Å². The predicted octanol–water partition coefficient (Wildman–Crippen LogP) is 5.11. The molecule has 0 aliphatic rings. The van der Waals surface area contributed by atoms with Crippen molar-refractivity contribution < 1.29 is 13.9 Å². The number of hydrogen-bond acceptors (Lipinski definition) is 6. The molecule has 0 bridgehead atoms. The van der Waals surface area contributed by atoms with E-state index in [0.717, 1.165) is 56.9 Å². The first-order chi connectivity index (χ1) is 19.0. The van der Waals surface area contributed by atoms with Crippen LogP contribution in [0.5, 0.6) is 5.75 Å². The Morgan fingerprint density at radius 1 is 1.27 bits per heavy atom. The first-order valence-electron chi connectivity index (χ1n) is 13.3. The number of methoxy groups -OCH3 is 1. The van der Waals surface area contributed by atoms with Crippen molar-refractivity contribution in [2.75, 3.05) is 45.9 Å². The molecule has 0 aliphatic heterocycles. The van der Waals surface area contributed by atoms with E-state index in [4.69, 9.17) is 15.9 Å². The van der Waals surface area contributed by atoms with Crippen LogP contribution in [-0.2, 0) is 13.0 Å². The number of amidine groups is 1. The second kappa shape index (κ2) is 13.5. The second-order valence-corrected chi connectivity index (χ2v) is 10.3. The maximum Gasteiger partial charge on any atom is 0.150 e. The maximum absolute atomic E-state index is 12.9. The largest absolute Gasteiger partial charge is 0.495 e. The average Bonchev–Trinajstić information content (AvgIpc) is 3.28. The Kier molecular flexibility index (Phi) is 10.4. The molecule has 3 N–H and O–H groups in total. The van der Waals surface area contributed by atoms with Gasteiger partial charge in [-0.05, 0) is 69.6 Å². The Morgan fingerprint density at radius 3 is 2.62 bits per heavy atom. The van der Waals surface area contributed by atoms with Gasteiger partial charge in [0.2, 0.25) is 0 Å². The van der Waals surface area contributed by atoms with Gasteiger partial charge in [0.25, 0.3) is 0 Å². The van der Waals surface area contributed by atoms with Crippen LogP contribution in [0.4, 0.5) is 10.1 Å². The number of fused-ring (bicyclic) bond motifs is 1. The summed E-state index contributed by atoms with van der Waals surface area (Å²) in [4.78, 5) is 20.3. The summed E-state index contributed by atoms with van der Waals surface area (Å²) in [5, 5.41) is 8.80. The van der Waals surface area contributed by atoms with E-state index >= 15 is 0 Å². The smallest absolute Gasteiger partial charge is 0.150 e. The highest BCUT2D eigenvalue weighted by Gasteiger charge is 2.20. The molecule has 214 valence electrons. The maximum atomic E-state index is 12.9. The van der Waals surface area contributed by atoms with Crippen LogP contribution in [0.15, 0.2) is 48.0 Å². The quantitative estimate of drug-likeness (QED) is 0.176. The Balaban J connectivity index is 2.02. The Hall–Kier alpha value is -3.82. The van der Waals surface area contributed by atoms with Crippen LogP contribution >= 0.6 is 0 Å². The van der Waals surface area contributed by atoms with E-state index in [0.29, 0.717) is 31.6 Å². The fourth-order valence-electron chi connectivity index (χ4n) is 5.03. The number of alkyl halides is 1. The third-order valence-electron chi connectivity index (χ3n) is 7.00. The topological polar surface area (TPSA) is 99.9 Å². The summed E-state index contributed by atoms with van der Waals surface area (Å²) in [6.45, 7) is 11.0. The van der Waals surface area contributed by atoms with E-state index in [-0.39, 0.29) is 5.84 Å². The van der Waals surface area contributed by atoms with Crippen LogP contribution < -0.4 is 15.4 Å². The van der Waals surface area contributed by atoms with Crippen molar-refractivity contribution in [2.45, 2.75) is 39.8 Å². The highest BCUT2D eigenvalue weighted by Crippen LogP contribution is 2.35. The number of anilines is 1. The number of aldehydes is 1. The molecule has 0 aliphatic carbocycles. The van der Waals surface area contributed by atoms with Gasteiger partial charge in [-0.1, -0.05) is 18.7 Å². The molecule has 0 spiro atoms. The van der Waals surface area contributed by atoms with Crippen LogP contribution in [0.2, 0.25) is 0 Å². The molecule has 1 heterocycles. The Bertz CT molecular complexity index is 1430. The number of benzene rings is 2. The summed E-state index contributed by atoms with van der Waals surface area (Å²) in [5.74, 6) is 0.984. The van der Waals surface area contributed by atoms with Crippen LogP contribution in [0, 0.1) is 12.3 Å². The molecule has 3 rings (SSSR count). The van der Waals surface area contributed by atoms with Gasteiger partial charge in [-0.2, -0.15) is 0 Å². The van der Waals surface area contributed by atoms with Crippen molar-refractivity contribution in [2.24, 2.45) is 10.7 Å². The summed E-state index contributed by atoms with van der Waals surface area (Å²) in [6, 6.07) is 11.4. The lowest BCUT2D eigenvalue weighted by Gasteiger charge is -2.27. The number of halogens is 1. The molecule has 40 heavy (non-hydrogen) atoms. The number of carbonyl (C=O) groups is 1. The van der Waals surface area contributed by atoms with Gasteiger partial charge in [-0.15, -0.1) is 0 Å². The third-order valence-corrected chi connectivity index (χ3v) is 7.00. The number of carbonyl (C=O) groups excluding carboxylic acids is 1. The molecule has 3 aromatic rings. The lowest BCUT2D eigenvalue weighted by atomic mass is 9.99. The Labute approximate surface area is 236 Å². The van der Waals surface area contributed by atoms with Gasteiger partial charge in [-0.3, -0.25) is 10.2 Å². The van der Waals surface area contributed by atoms with E-state index in [1.54, 1.807) is 14.0 Å². The van der Waals surface area contributed by atoms with Crippen molar-refractivity contribution in [1.29, 1.82) is 5.41 Å². The van der Waals surface area contributed by atoms with E-state index in [2.05, 4.69) is 22.2 Å². The SMILES string of the molecule is C=C(c1cc2cccc(OC)c2n1CC(C)=NC(C)=N)N(C)c1cc(CCN(C)CC(N)CF)c(C=O)cc1C. The summed E-state index contributed by atoms with van der Waals surface area (Å²) in [5.41, 5.74) is 12.5.